The van der Waals surface area contributed by atoms with E-state index >= 15 is 0 Å². The molecular formula is C17H27ClN2O3. The Morgan fingerprint density at radius 1 is 1.22 bits per heavy atom. The van der Waals surface area contributed by atoms with Gasteiger partial charge in [0.05, 0.1) is 14.2 Å². The fourth-order valence-electron chi connectivity index (χ4n) is 3.02. The monoisotopic (exact) mass is 342 g/mol. The average Bonchev–Trinajstić information content (AvgIpc) is 2.55. The number of hydrogen-bond donors (Lipinski definition) is 1. The molecule has 1 amide bonds. The van der Waals surface area contributed by atoms with E-state index in [0.29, 0.717) is 23.0 Å². The van der Waals surface area contributed by atoms with Crippen molar-refractivity contribution < 1.29 is 14.3 Å². The first kappa shape index (κ1) is 19.6. The Labute approximate surface area is 144 Å². The Bertz CT molecular complexity index is 504. The quantitative estimate of drug-likeness (QED) is 0.893. The summed E-state index contributed by atoms with van der Waals surface area (Å²) in [7, 11) is 5.20. The molecule has 0 aliphatic carbocycles. The number of methoxy groups -OCH3 is 2. The summed E-state index contributed by atoms with van der Waals surface area (Å²) in [6.45, 7) is 4.57. The Kier molecular flexibility index (Phi) is 7.65. The van der Waals surface area contributed by atoms with Gasteiger partial charge in [-0.25, -0.2) is 0 Å². The maximum atomic E-state index is 12.7. The van der Waals surface area contributed by atoms with Gasteiger partial charge in [0.1, 0.15) is 11.5 Å². The van der Waals surface area contributed by atoms with Crippen LogP contribution in [-0.4, -0.2) is 51.7 Å². The third-order valence-electron chi connectivity index (χ3n) is 4.39. The van der Waals surface area contributed by atoms with E-state index in [9.17, 15) is 4.79 Å². The smallest absolute Gasteiger partial charge is 0.254 e. The number of rotatable bonds is 5. The van der Waals surface area contributed by atoms with Crippen molar-refractivity contribution in [1.29, 1.82) is 0 Å². The standard InChI is InChI=1S/C17H26N2O3.ClH/c1-12-15(21-3)9-14(10-16(12)22-4)17(20)19-7-5-13(6-8-19)11-18-2;/h9-10,13,18H,5-8,11H2,1-4H3;1H. The molecule has 0 spiro atoms. The normalized spacial score (nSPS) is 15.0. The summed E-state index contributed by atoms with van der Waals surface area (Å²) >= 11 is 0. The van der Waals surface area contributed by atoms with Crippen molar-refractivity contribution in [2.75, 3.05) is 40.9 Å². The van der Waals surface area contributed by atoms with E-state index in [1.807, 2.05) is 18.9 Å². The molecule has 130 valence electrons. The molecule has 5 nitrogen and oxygen atoms in total. The van der Waals surface area contributed by atoms with Crippen molar-refractivity contribution in [3.8, 4) is 11.5 Å². The number of piperidine rings is 1. The van der Waals surface area contributed by atoms with Crippen LogP contribution in [0.25, 0.3) is 0 Å². The number of benzene rings is 1. The number of ether oxygens (including phenoxy) is 2. The van der Waals surface area contributed by atoms with Gasteiger partial charge in [-0.2, -0.15) is 0 Å². The lowest BCUT2D eigenvalue weighted by Crippen LogP contribution is -2.40. The van der Waals surface area contributed by atoms with Crippen molar-refractivity contribution in [3.05, 3.63) is 23.3 Å². The first-order valence-corrected chi connectivity index (χ1v) is 7.77. The van der Waals surface area contributed by atoms with Crippen LogP contribution >= 0.6 is 12.4 Å². The maximum absolute atomic E-state index is 12.7. The molecule has 0 unspecified atom stereocenters. The van der Waals surface area contributed by atoms with Gasteiger partial charge in [-0.1, -0.05) is 0 Å². The second-order valence-electron chi connectivity index (χ2n) is 5.80. The van der Waals surface area contributed by atoms with Crippen molar-refractivity contribution in [2.45, 2.75) is 19.8 Å². The summed E-state index contributed by atoms with van der Waals surface area (Å²) in [6.07, 6.45) is 2.10. The minimum Gasteiger partial charge on any atom is -0.496 e. The number of amides is 1. The number of carbonyl (C=O) groups excluding carboxylic acids is 1. The van der Waals surface area contributed by atoms with E-state index in [0.717, 1.165) is 38.0 Å². The SMILES string of the molecule is CNCC1CCN(C(=O)c2cc(OC)c(C)c(OC)c2)CC1.Cl. The minimum absolute atomic E-state index is 0. The molecule has 6 heteroatoms. The summed E-state index contributed by atoms with van der Waals surface area (Å²) < 4.78 is 10.7. The first-order chi connectivity index (χ1) is 10.6. The third-order valence-corrected chi connectivity index (χ3v) is 4.39. The largest absolute Gasteiger partial charge is 0.496 e. The molecule has 0 atom stereocenters. The molecule has 1 heterocycles. The van der Waals surface area contributed by atoms with E-state index in [1.54, 1.807) is 26.4 Å². The van der Waals surface area contributed by atoms with Crippen LogP contribution in [0.2, 0.25) is 0 Å². The van der Waals surface area contributed by atoms with Crippen LogP contribution in [-0.2, 0) is 0 Å². The number of nitrogens with one attached hydrogen (secondary N) is 1. The van der Waals surface area contributed by atoms with Crippen LogP contribution in [0.15, 0.2) is 12.1 Å². The van der Waals surface area contributed by atoms with E-state index in [2.05, 4.69) is 5.32 Å². The van der Waals surface area contributed by atoms with E-state index < -0.39 is 0 Å². The fourth-order valence-corrected chi connectivity index (χ4v) is 3.02. The summed E-state index contributed by atoms with van der Waals surface area (Å²) in [5.41, 5.74) is 1.54. The van der Waals surface area contributed by atoms with Gasteiger partial charge in [0.15, 0.2) is 0 Å². The van der Waals surface area contributed by atoms with Crippen molar-refractivity contribution >= 4 is 18.3 Å². The molecule has 1 aromatic carbocycles. The van der Waals surface area contributed by atoms with E-state index in [-0.39, 0.29) is 18.3 Å². The second kappa shape index (κ2) is 8.99. The number of carbonyl (C=O) groups is 1. The molecule has 2 rings (SSSR count). The highest BCUT2D eigenvalue weighted by Crippen LogP contribution is 2.30. The molecule has 0 aromatic heterocycles. The van der Waals surface area contributed by atoms with E-state index in [1.165, 1.54) is 0 Å². The molecule has 0 saturated carbocycles. The molecule has 1 fully saturated rings. The second-order valence-corrected chi connectivity index (χ2v) is 5.80. The van der Waals surface area contributed by atoms with Crippen molar-refractivity contribution in [1.82, 2.24) is 10.2 Å². The van der Waals surface area contributed by atoms with Crippen molar-refractivity contribution in [3.63, 3.8) is 0 Å². The summed E-state index contributed by atoms with van der Waals surface area (Å²) in [5.74, 6) is 2.09. The Hall–Kier alpha value is -1.46. The number of likely N-dealkylation sites (tertiary alicyclic amines) is 1. The zero-order chi connectivity index (χ0) is 16.1. The maximum Gasteiger partial charge on any atom is 0.254 e. The molecule has 23 heavy (non-hydrogen) atoms. The molecule has 1 aliphatic heterocycles. The molecular weight excluding hydrogens is 316 g/mol. The predicted molar refractivity (Wildman–Crippen MR) is 94.1 cm³/mol. The van der Waals surface area contributed by atoms with Gasteiger partial charge in [-0.15, -0.1) is 12.4 Å². The summed E-state index contributed by atoms with van der Waals surface area (Å²) in [6, 6.07) is 3.61. The van der Waals surface area contributed by atoms with Gasteiger partial charge in [-0.05, 0) is 51.4 Å². The van der Waals surface area contributed by atoms with E-state index in [4.69, 9.17) is 9.47 Å². The zero-order valence-corrected chi connectivity index (χ0v) is 15.2. The highest BCUT2D eigenvalue weighted by molar-refractivity contribution is 5.95. The lowest BCUT2D eigenvalue weighted by molar-refractivity contribution is 0.0690. The van der Waals surface area contributed by atoms with Gasteiger partial charge < -0.3 is 19.7 Å². The van der Waals surface area contributed by atoms with Crippen LogP contribution < -0.4 is 14.8 Å². The van der Waals surface area contributed by atoms with Crippen LogP contribution in [0, 0.1) is 12.8 Å². The first-order valence-electron chi connectivity index (χ1n) is 7.77. The molecule has 0 radical (unpaired) electrons. The Morgan fingerprint density at radius 3 is 2.17 bits per heavy atom. The molecule has 1 saturated heterocycles. The minimum atomic E-state index is 0. The average molecular weight is 343 g/mol. The number of halogens is 1. The highest BCUT2D eigenvalue weighted by Gasteiger charge is 2.24. The molecule has 0 bridgehead atoms. The predicted octanol–water partition coefficient (Wildman–Crippen LogP) is 2.51. The Morgan fingerprint density at radius 2 is 1.74 bits per heavy atom. The van der Waals surface area contributed by atoms with Crippen LogP contribution in [0.3, 0.4) is 0 Å². The van der Waals surface area contributed by atoms with Gasteiger partial charge >= 0.3 is 0 Å². The van der Waals surface area contributed by atoms with Crippen LogP contribution in [0.1, 0.15) is 28.8 Å². The molecule has 1 aliphatic rings. The van der Waals surface area contributed by atoms with Crippen molar-refractivity contribution in [2.24, 2.45) is 5.92 Å². The summed E-state index contributed by atoms with van der Waals surface area (Å²) in [5, 5.41) is 3.21. The molecule has 1 N–H and O–H groups in total. The van der Waals surface area contributed by atoms with Crippen LogP contribution in [0.4, 0.5) is 0 Å². The fraction of sp³-hybridized carbons (Fsp3) is 0.588. The third kappa shape index (κ3) is 4.52. The highest BCUT2D eigenvalue weighted by atomic mass is 35.5. The summed E-state index contributed by atoms with van der Waals surface area (Å²) in [4.78, 5) is 14.6. The van der Waals surface area contributed by atoms with Gasteiger partial charge in [-0.3, -0.25) is 4.79 Å². The number of nitrogens with zero attached hydrogens (tertiary/aromatic N) is 1. The number of hydrogen-bond acceptors (Lipinski definition) is 4. The van der Waals surface area contributed by atoms with Crippen LogP contribution in [0.5, 0.6) is 11.5 Å². The zero-order valence-electron chi connectivity index (χ0n) is 14.3. The lowest BCUT2D eigenvalue weighted by Gasteiger charge is -2.32. The van der Waals surface area contributed by atoms with Gasteiger partial charge in [0.25, 0.3) is 5.91 Å². The Balaban J connectivity index is 0.00000264. The topological polar surface area (TPSA) is 50.8 Å². The lowest BCUT2D eigenvalue weighted by atomic mass is 9.96. The molecule has 1 aromatic rings. The van der Waals surface area contributed by atoms with Gasteiger partial charge in [0.2, 0.25) is 0 Å². The van der Waals surface area contributed by atoms with Gasteiger partial charge in [0, 0.05) is 24.2 Å².